The van der Waals surface area contributed by atoms with Crippen LogP contribution in [0.2, 0.25) is 0 Å². The average molecular weight is 450 g/mol. The van der Waals surface area contributed by atoms with Crippen LogP contribution in [0.1, 0.15) is 35.1 Å². The maximum Gasteiger partial charge on any atom is 0.331 e. The molecule has 0 bridgehead atoms. The van der Waals surface area contributed by atoms with Crippen molar-refractivity contribution in [3.63, 3.8) is 0 Å². The third kappa shape index (κ3) is 4.03. The molecule has 1 saturated heterocycles. The highest BCUT2D eigenvalue weighted by molar-refractivity contribution is 8.34. The van der Waals surface area contributed by atoms with Crippen molar-refractivity contribution in [2.24, 2.45) is 0 Å². The molecule has 2 amide bonds. The number of aryl methyl sites for hydroxylation is 2. The number of urea groups is 1. The number of hydrogen-bond acceptors (Lipinski definition) is 7. The van der Waals surface area contributed by atoms with Crippen LogP contribution in [-0.4, -0.2) is 42.7 Å². The maximum atomic E-state index is 13.1. The zero-order valence-electron chi connectivity index (χ0n) is 16.9. The molecule has 0 aromatic heterocycles. The number of allylic oxidation sites excluding steroid dienone is 1. The summed E-state index contributed by atoms with van der Waals surface area (Å²) in [5, 5.41) is 16.7. The molecule has 1 aromatic carbocycles. The maximum absolute atomic E-state index is 13.1. The number of likely N-dealkylation sites (N-methyl/N-ethyl adjacent to an activating group) is 1. The van der Waals surface area contributed by atoms with Crippen LogP contribution in [0.4, 0.5) is 10.5 Å². The Morgan fingerprint density at radius 2 is 1.93 bits per heavy atom. The summed E-state index contributed by atoms with van der Waals surface area (Å²) in [5.74, 6) is 0.179. The molecule has 8 nitrogen and oxygen atoms in total. The molecule has 1 aliphatic heterocycles. The van der Waals surface area contributed by atoms with Crippen LogP contribution in [0.5, 0.6) is 0 Å². The summed E-state index contributed by atoms with van der Waals surface area (Å²) in [5.41, 5.74) is 5.82. The van der Waals surface area contributed by atoms with Crippen molar-refractivity contribution in [2.75, 3.05) is 25.5 Å². The number of benzene rings is 1. The number of carbonyl (C=O) groups is 1. The molecule has 4 rings (SSSR count). The van der Waals surface area contributed by atoms with Crippen LogP contribution >= 0.6 is 0 Å². The third-order valence-corrected chi connectivity index (χ3v) is 8.05. The quantitative estimate of drug-likeness (QED) is 0.435. The van der Waals surface area contributed by atoms with Crippen molar-refractivity contribution >= 4 is 37.8 Å². The molecule has 0 saturated carbocycles. The van der Waals surface area contributed by atoms with Gasteiger partial charge in [-0.05, 0) is 67.8 Å². The number of nitrogens with one attached hydrogen (secondary N) is 5. The fourth-order valence-corrected chi connectivity index (χ4v) is 5.94. The van der Waals surface area contributed by atoms with Gasteiger partial charge < -0.3 is 26.1 Å². The van der Waals surface area contributed by atoms with E-state index < -0.39 is 14.7 Å². The second-order valence-electron chi connectivity index (χ2n) is 7.81. The monoisotopic (exact) mass is 449 g/mol. The van der Waals surface area contributed by atoms with E-state index in [9.17, 15) is 9.00 Å². The lowest BCUT2D eigenvalue weighted by Gasteiger charge is -2.27. The first kappa shape index (κ1) is 21.1. The molecule has 2 unspecified atom stereocenters. The van der Waals surface area contributed by atoms with E-state index in [2.05, 4.69) is 26.7 Å². The highest BCUT2D eigenvalue weighted by atomic mass is 32.8. The van der Waals surface area contributed by atoms with Gasteiger partial charge >= 0.3 is 6.03 Å². The van der Waals surface area contributed by atoms with Crippen LogP contribution in [0.25, 0.3) is 0 Å². The number of carbonyl (C=O) groups excluding carboxylic acids is 1. The normalized spacial score (nSPS) is 23.3. The van der Waals surface area contributed by atoms with Gasteiger partial charge in [-0.15, -0.1) is 0 Å². The second kappa shape index (κ2) is 8.52. The number of hydrogen-bond donors (Lipinski definition) is 5. The summed E-state index contributed by atoms with van der Waals surface area (Å²) in [4.78, 5) is 12.8. The molecule has 0 radical (unpaired) electrons. The summed E-state index contributed by atoms with van der Waals surface area (Å²) >= 11 is 5.20. The van der Waals surface area contributed by atoms with Gasteiger partial charge in [-0.3, -0.25) is 4.72 Å². The van der Waals surface area contributed by atoms with Gasteiger partial charge in [0.1, 0.15) is 20.2 Å². The van der Waals surface area contributed by atoms with Crippen LogP contribution in [-0.2, 0) is 50.3 Å². The minimum absolute atomic E-state index is 0.0364. The van der Waals surface area contributed by atoms with Crippen molar-refractivity contribution in [1.29, 1.82) is 5.41 Å². The zero-order chi connectivity index (χ0) is 21.3. The fourth-order valence-electron chi connectivity index (χ4n) is 4.40. The number of rotatable bonds is 5. The number of ether oxygens (including phenoxy) is 1. The Bertz CT molecular complexity index is 978. The molecule has 0 spiro atoms. The fraction of sp³-hybridized carbons (Fsp3) is 0.500. The Kier molecular flexibility index (Phi) is 5.99. The van der Waals surface area contributed by atoms with Crippen LogP contribution in [0, 0.1) is 5.41 Å². The number of anilines is 1. The second-order valence-corrected chi connectivity index (χ2v) is 10.9. The molecule has 1 aromatic rings. The van der Waals surface area contributed by atoms with E-state index >= 15 is 0 Å². The summed E-state index contributed by atoms with van der Waals surface area (Å²) in [6.45, 7) is 0.901. The number of amides is 2. The predicted octanol–water partition coefficient (Wildman–Crippen LogP) is 1.47. The molecule has 162 valence electrons. The molecule has 5 N–H and O–H groups in total. The van der Waals surface area contributed by atoms with Crippen LogP contribution < -0.4 is 20.7 Å². The first-order chi connectivity index (χ1) is 14.4. The summed E-state index contributed by atoms with van der Waals surface area (Å²) in [6, 6.07) is 1.76. The average Bonchev–Trinajstić information content (AvgIpc) is 3.37. The Hall–Kier alpha value is -2.17. The van der Waals surface area contributed by atoms with Crippen LogP contribution in [0.3, 0.4) is 0 Å². The van der Waals surface area contributed by atoms with Gasteiger partial charge in [0, 0.05) is 29.6 Å². The number of fused-ring (bicyclic) bond motifs is 2. The van der Waals surface area contributed by atoms with Gasteiger partial charge in [0.15, 0.2) is 0 Å². The largest absolute Gasteiger partial charge is 0.477 e. The van der Waals surface area contributed by atoms with E-state index in [-0.39, 0.29) is 16.8 Å². The molecule has 1 heterocycles. The smallest absolute Gasteiger partial charge is 0.331 e. The van der Waals surface area contributed by atoms with Crippen LogP contribution in [0.15, 0.2) is 16.9 Å². The molecular weight excluding hydrogens is 422 g/mol. The molecule has 2 atom stereocenters. The van der Waals surface area contributed by atoms with E-state index in [4.69, 9.17) is 21.3 Å². The first-order valence-corrected chi connectivity index (χ1v) is 12.7. The Morgan fingerprint density at radius 3 is 2.47 bits per heavy atom. The highest BCUT2D eigenvalue weighted by Crippen LogP contribution is 2.38. The van der Waals surface area contributed by atoms with Crippen molar-refractivity contribution in [2.45, 2.75) is 44.6 Å². The highest BCUT2D eigenvalue weighted by Gasteiger charge is 2.28. The Morgan fingerprint density at radius 1 is 1.27 bits per heavy atom. The van der Waals surface area contributed by atoms with Crippen molar-refractivity contribution in [1.82, 2.24) is 15.4 Å². The SMILES string of the molecule is CNC1CN/C(=C(\C=N)S(=O)(=S)NC(=O)Nc2c3c(cc4c2CCC4)CCC3)OC1. The van der Waals surface area contributed by atoms with Gasteiger partial charge in [0.05, 0.1) is 6.04 Å². The van der Waals surface area contributed by atoms with Gasteiger partial charge in [-0.1, -0.05) is 6.07 Å². The third-order valence-electron chi connectivity index (χ3n) is 5.93. The zero-order valence-corrected chi connectivity index (χ0v) is 18.6. The predicted molar refractivity (Wildman–Crippen MR) is 121 cm³/mol. The summed E-state index contributed by atoms with van der Waals surface area (Å²) in [7, 11) is -1.62. The minimum atomic E-state index is -3.44. The lowest BCUT2D eigenvalue weighted by Crippen LogP contribution is -2.46. The molecular formula is C20H27N5O3S2. The van der Waals surface area contributed by atoms with Crippen molar-refractivity contribution in [3.8, 4) is 0 Å². The molecule has 3 aliphatic rings. The summed E-state index contributed by atoms with van der Waals surface area (Å²) < 4.78 is 21.1. The lowest BCUT2D eigenvalue weighted by molar-refractivity contribution is 0.129. The Balaban J connectivity index is 1.54. The standard InChI is InChI=1S/C20H27N5O3S2/c1-22-14-10-23-19(28-11-14)17(9-21)30(27,29)25-20(26)24-18-15-6-2-4-12(15)8-13-5-3-7-16(13)18/h8-9,14,21-23H,2-7,10-11H2,1H3,(H2,24,25,26)/b19-17-,21-9?. The van der Waals surface area contributed by atoms with Gasteiger partial charge in [0.25, 0.3) is 0 Å². The van der Waals surface area contributed by atoms with E-state index in [1.54, 1.807) is 0 Å². The van der Waals surface area contributed by atoms with E-state index in [0.717, 1.165) is 50.4 Å². The van der Waals surface area contributed by atoms with E-state index in [1.165, 1.54) is 22.3 Å². The topological polar surface area (TPSA) is 115 Å². The molecule has 10 heteroatoms. The van der Waals surface area contributed by atoms with Crippen molar-refractivity contribution in [3.05, 3.63) is 39.1 Å². The first-order valence-electron chi connectivity index (χ1n) is 10.2. The van der Waals surface area contributed by atoms with Gasteiger partial charge in [-0.2, -0.15) is 0 Å². The van der Waals surface area contributed by atoms with E-state index in [1.807, 2.05) is 7.05 Å². The molecule has 1 fully saturated rings. The van der Waals surface area contributed by atoms with Gasteiger partial charge in [-0.25, -0.2) is 9.00 Å². The molecule has 30 heavy (non-hydrogen) atoms. The Labute approximate surface area is 181 Å². The van der Waals surface area contributed by atoms with Crippen molar-refractivity contribution < 1.29 is 13.7 Å². The molecule has 2 aliphatic carbocycles. The minimum Gasteiger partial charge on any atom is -0.477 e. The lowest BCUT2D eigenvalue weighted by atomic mass is 9.99. The van der Waals surface area contributed by atoms with Gasteiger partial charge in [0.2, 0.25) is 5.88 Å². The summed E-state index contributed by atoms with van der Waals surface area (Å²) in [6.07, 6.45) is 6.95. The van der Waals surface area contributed by atoms with E-state index in [0.29, 0.717) is 13.2 Å².